The molecule has 1 amide bonds. The Morgan fingerprint density at radius 3 is 2.65 bits per heavy atom. The average Bonchev–Trinajstić information content (AvgIpc) is 3.04. The summed E-state index contributed by atoms with van der Waals surface area (Å²) in [7, 11) is 0. The molecular weight excluding hydrogens is 238 g/mol. The topological polar surface area (TPSA) is 57.6 Å². The molecule has 0 spiro atoms. The fourth-order valence-electron chi connectivity index (χ4n) is 2.24. The van der Waals surface area contributed by atoms with Crippen LogP contribution in [-0.2, 0) is 9.59 Å². The van der Waals surface area contributed by atoms with Crippen molar-refractivity contribution in [2.75, 3.05) is 5.75 Å². The van der Waals surface area contributed by atoms with Gasteiger partial charge in [-0.2, -0.15) is 0 Å². The maximum Gasteiger partial charge on any atom is 0.327 e. The number of aliphatic carboxylic acids is 1. The van der Waals surface area contributed by atoms with E-state index in [9.17, 15) is 14.7 Å². The molecule has 0 aromatic heterocycles. The quantitative estimate of drug-likeness (QED) is 0.817. The van der Waals surface area contributed by atoms with Gasteiger partial charge in [0.1, 0.15) is 6.04 Å². The number of unbranched alkanes of at least 4 members (excludes halogenated alkanes) is 1. The highest BCUT2D eigenvalue weighted by Crippen LogP contribution is 2.45. The minimum absolute atomic E-state index is 0.0288. The number of hydrogen-bond acceptors (Lipinski definition) is 3. The third-order valence-corrected chi connectivity index (χ3v) is 4.84. The number of carbonyl (C=O) groups excluding carboxylic acids is 1. The molecule has 1 N–H and O–H groups in total. The van der Waals surface area contributed by atoms with Gasteiger partial charge in [0, 0.05) is 12.2 Å². The number of thioether (sulfide) groups is 1. The summed E-state index contributed by atoms with van der Waals surface area (Å²) in [6, 6.07) is -0.602. The summed E-state index contributed by atoms with van der Waals surface area (Å²) in [5.74, 6) is 0.260. The van der Waals surface area contributed by atoms with Gasteiger partial charge in [-0.3, -0.25) is 4.79 Å². The SMILES string of the molecule is CCCCC(=O)N1C(C(=O)O)CSC1C1CC1. The number of hydrogen-bond donors (Lipinski definition) is 1. The van der Waals surface area contributed by atoms with Gasteiger partial charge in [0.05, 0.1) is 5.37 Å². The van der Waals surface area contributed by atoms with Crippen molar-refractivity contribution in [3.63, 3.8) is 0 Å². The lowest BCUT2D eigenvalue weighted by Gasteiger charge is -2.27. The molecule has 1 aliphatic heterocycles. The Kier molecular flexibility index (Phi) is 3.97. The first-order chi connectivity index (χ1) is 8.15. The highest BCUT2D eigenvalue weighted by Gasteiger charge is 2.47. The summed E-state index contributed by atoms with van der Waals surface area (Å²) >= 11 is 1.64. The number of carbonyl (C=O) groups is 2. The molecule has 0 aromatic rings. The molecule has 2 rings (SSSR count). The molecule has 1 aliphatic carbocycles. The minimum atomic E-state index is -0.856. The maximum atomic E-state index is 12.1. The van der Waals surface area contributed by atoms with Crippen LogP contribution in [0.15, 0.2) is 0 Å². The standard InChI is InChI=1S/C12H19NO3S/c1-2-3-4-10(14)13-9(12(15)16)7-17-11(13)8-5-6-8/h8-9,11H,2-7H2,1H3,(H,15,16). The van der Waals surface area contributed by atoms with Crippen LogP contribution in [0.25, 0.3) is 0 Å². The van der Waals surface area contributed by atoms with Crippen LogP contribution in [-0.4, -0.2) is 39.1 Å². The molecule has 5 heteroatoms. The van der Waals surface area contributed by atoms with Crippen molar-refractivity contribution in [2.45, 2.75) is 50.4 Å². The number of carboxylic acids is 1. The smallest absolute Gasteiger partial charge is 0.327 e. The van der Waals surface area contributed by atoms with E-state index in [0.29, 0.717) is 18.1 Å². The summed E-state index contributed by atoms with van der Waals surface area (Å²) in [5.41, 5.74) is 0. The number of rotatable bonds is 5. The van der Waals surface area contributed by atoms with Crippen LogP contribution in [0.3, 0.4) is 0 Å². The second-order valence-corrected chi connectivity index (χ2v) is 5.97. The van der Waals surface area contributed by atoms with Gasteiger partial charge in [-0.25, -0.2) is 4.79 Å². The third-order valence-electron chi connectivity index (χ3n) is 3.38. The highest BCUT2D eigenvalue weighted by molar-refractivity contribution is 8.00. The molecule has 2 atom stereocenters. The fourth-order valence-corrected chi connectivity index (χ4v) is 3.89. The predicted octanol–water partition coefficient (Wildman–Crippen LogP) is 1.94. The molecular formula is C12H19NO3S. The summed E-state index contributed by atoms with van der Waals surface area (Å²) in [5, 5.41) is 9.30. The normalized spacial score (nSPS) is 28.4. The zero-order valence-corrected chi connectivity index (χ0v) is 10.9. The van der Waals surface area contributed by atoms with Crippen LogP contribution < -0.4 is 0 Å². The van der Waals surface area contributed by atoms with Gasteiger partial charge in [-0.05, 0) is 25.2 Å². The molecule has 4 nitrogen and oxygen atoms in total. The van der Waals surface area contributed by atoms with Crippen molar-refractivity contribution in [1.82, 2.24) is 4.90 Å². The Bertz CT molecular complexity index is 317. The molecule has 0 bridgehead atoms. The third kappa shape index (κ3) is 2.76. The van der Waals surface area contributed by atoms with Gasteiger partial charge < -0.3 is 10.0 Å². The van der Waals surface area contributed by atoms with Crippen molar-refractivity contribution in [3.05, 3.63) is 0 Å². The van der Waals surface area contributed by atoms with Crippen LogP contribution in [0.2, 0.25) is 0 Å². The van der Waals surface area contributed by atoms with Crippen LogP contribution in [0.5, 0.6) is 0 Å². The van der Waals surface area contributed by atoms with Gasteiger partial charge >= 0.3 is 5.97 Å². The van der Waals surface area contributed by atoms with E-state index in [-0.39, 0.29) is 11.3 Å². The van der Waals surface area contributed by atoms with E-state index >= 15 is 0 Å². The maximum absolute atomic E-state index is 12.1. The first-order valence-corrected chi connectivity index (χ1v) is 7.35. The van der Waals surface area contributed by atoms with E-state index in [1.807, 2.05) is 6.92 Å². The lowest BCUT2D eigenvalue weighted by atomic mass is 10.2. The van der Waals surface area contributed by atoms with Crippen LogP contribution in [0.4, 0.5) is 0 Å². The van der Waals surface area contributed by atoms with Gasteiger partial charge in [-0.1, -0.05) is 13.3 Å². The van der Waals surface area contributed by atoms with Gasteiger partial charge in [0.15, 0.2) is 0 Å². The largest absolute Gasteiger partial charge is 0.480 e. The van der Waals surface area contributed by atoms with Gasteiger partial charge in [0.2, 0.25) is 5.91 Å². The Labute approximate surface area is 106 Å². The molecule has 96 valence electrons. The van der Waals surface area contributed by atoms with E-state index in [1.165, 1.54) is 0 Å². The first-order valence-electron chi connectivity index (χ1n) is 6.30. The van der Waals surface area contributed by atoms with Crippen molar-refractivity contribution in [1.29, 1.82) is 0 Å². The summed E-state index contributed by atoms with van der Waals surface area (Å²) < 4.78 is 0. The van der Waals surface area contributed by atoms with E-state index in [0.717, 1.165) is 25.7 Å². The first kappa shape index (κ1) is 12.7. The monoisotopic (exact) mass is 257 g/mol. The zero-order chi connectivity index (χ0) is 12.4. The molecule has 17 heavy (non-hydrogen) atoms. The van der Waals surface area contributed by atoms with Crippen molar-refractivity contribution < 1.29 is 14.7 Å². The molecule has 2 aliphatic rings. The van der Waals surface area contributed by atoms with Gasteiger partial charge in [0.25, 0.3) is 0 Å². The summed E-state index contributed by atoms with van der Waals surface area (Å²) in [6.07, 6.45) is 4.59. The average molecular weight is 257 g/mol. The predicted molar refractivity (Wildman–Crippen MR) is 66.8 cm³/mol. The van der Waals surface area contributed by atoms with Crippen LogP contribution in [0.1, 0.15) is 39.0 Å². The molecule has 2 unspecified atom stereocenters. The Morgan fingerprint density at radius 2 is 2.12 bits per heavy atom. The summed E-state index contributed by atoms with van der Waals surface area (Å²) in [6.45, 7) is 2.04. The molecule has 0 radical (unpaired) electrons. The highest BCUT2D eigenvalue weighted by atomic mass is 32.2. The van der Waals surface area contributed by atoms with Crippen molar-refractivity contribution in [3.8, 4) is 0 Å². The number of nitrogens with zero attached hydrogens (tertiary/aromatic N) is 1. The zero-order valence-electron chi connectivity index (χ0n) is 10.1. The second kappa shape index (κ2) is 5.29. The van der Waals surface area contributed by atoms with E-state index in [2.05, 4.69) is 0 Å². The Morgan fingerprint density at radius 1 is 1.41 bits per heavy atom. The summed E-state index contributed by atoms with van der Waals surface area (Å²) in [4.78, 5) is 24.9. The Hall–Kier alpha value is -0.710. The fraction of sp³-hybridized carbons (Fsp3) is 0.833. The van der Waals surface area contributed by atoms with Crippen LogP contribution >= 0.6 is 11.8 Å². The second-order valence-electron chi connectivity index (χ2n) is 4.82. The minimum Gasteiger partial charge on any atom is -0.480 e. The van der Waals surface area contributed by atoms with Crippen LogP contribution in [0, 0.1) is 5.92 Å². The lowest BCUT2D eigenvalue weighted by Crippen LogP contribution is -2.46. The molecule has 2 fully saturated rings. The molecule has 1 heterocycles. The number of carboxylic acid groups (broad SMARTS) is 1. The van der Waals surface area contributed by atoms with E-state index in [1.54, 1.807) is 16.7 Å². The lowest BCUT2D eigenvalue weighted by molar-refractivity contribution is -0.149. The van der Waals surface area contributed by atoms with E-state index < -0.39 is 12.0 Å². The Balaban J connectivity index is 2.05. The molecule has 1 saturated heterocycles. The van der Waals surface area contributed by atoms with Crippen molar-refractivity contribution >= 4 is 23.6 Å². The number of amides is 1. The van der Waals surface area contributed by atoms with E-state index in [4.69, 9.17) is 0 Å². The molecule has 1 saturated carbocycles. The van der Waals surface area contributed by atoms with Crippen molar-refractivity contribution in [2.24, 2.45) is 5.92 Å². The molecule has 0 aromatic carbocycles. The van der Waals surface area contributed by atoms with Gasteiger partial charge in [-0.15, -0.1) is 11.8 Å².